The third-order valence-corrected chi connectivity index (χ3v) is 4.73. The molecule has 0 aromatic heterocycles. The first-order chi connectivity index (χ1) is 9.51. The monoisotopic (exact) mass is 282 g/mol. The van der Waals surface area contributed by atoms with Gasteiger partial charge in [0.25, 0.3) is 0 Å². The Balaban J connectivity index is 3.18. The predicted octanol–water partition coefficient (Wildman–Crippen LogP) is 2.86. The summed E-state index contributed by atoms with van der Waals surface area (Å²) >= 11 is 0. The largest absolute Gasteiger partial charge is 0.340 e. The van der Waals surface area contributed by atoms with Crippen LogP contribution < -0.4 is 5.32 Å². The molecule has 1 aliphatic rings. The van der Waals surface area contributed by atoms with E-state index in [0.29, 0.717) is 19.3 Å². The van der Waals surface area contributed by atoms with Crippen LogP contribution in [0, 0.1) is 0 Å². The standard InChI is InChI=1S/C16H30N2O2/c1-6-11-12(7-2)18-13(8-3)14(19)17-16(9-4,10-5)15(18)20/h12-13H,6-11H2,1-5H3,(H,17,19). The third-order valence-electron chi connectivity index (χ3n) is 4.73. The zero-order valence-corrected chi connectivity index (χ0v) is 13.7. The summed E-state index contributed by atoms with van der Waals surface area (Å²) in [7, 11) is 0. The van der Waals surface area contributed by atoms with E-state index in [1.807, 2.05) is 25.7 Å². The number of carbonyl (C=O) groups excluding carboxylic acids is 2. The van der Waals surface area contributed by atoms with Crippen molar-refractivity contribution in [3.8, 4) is 0 Å². The van der Waals surface area contributed by atoms with E-state index in [1.165, 1.54) is 0 Å². The lowest BCUT2D eigenvalue weighted by Gasteiger charge is -2.48. The van der Waals surface area contributed by atoms with Crippen LogP contribution in [0.4, 0.5) is 0 Å². The molecule has 0 aromatic carbocycles. The molecular weight excluding hydrogens is 252 g/mol. The topological polar surface area (TPSA) is 49.4 Å². The van der Waals surface area contributed by atoms with E-state index < -0.39 is 5.54 Å². The lowest BCUT2D eigenvalue weighted by molar-refractivity contribution is -0.159. The van der Waals surface area contributed by atoms with Gasteiger partial charge in [0.1, 0.15) is 11.6 Å². The molecule has 1 rings (SSSR count). The lowest BCUT2D eigenvalue weighted by Crippen LogP contribution is -2.71. The highest BCUT2D eigenvalue weighted by Gasteiger charge is 2.49. The van der Waals surface area contributed by atoms with Crippen molar-refractivity contribution in [1.29, 1.82) is 0 Å². The molecule has 1 saturated heterocycles. The number of carbonyl (C=O) groups is 2. The number of amides is 2. The van der Waals surface area contributed by atoms with Gasteiger partial charge in [0, 0.05) is 6.04 Å². The fourth-order valence-electron chi connectivity index (χ4n) is 3.29. The quantitative estimate of drug-likeness (QED) is 0.780. The van der Waals surface area contributed by atoms with Gasteiger partial charge in [-0.15, -0.1) is 0 Å². The molecule has 1 N–H and O–H groups in total. The molecule has 1 aliphatic heterocycles. The summed E-state index contributed by atoms with van der Waals surface area (Å²) in [5, 5.41) is 3.00. The summed E-state index contributed by atoms with van der Waals surface area (Å²) in [6.45, 7) is 10.2. The number of hydrogen-bond acceptors (Lipinski definition) is 2. The highest BCUT2D eigenvalue weighted by Crippen LogP contribution is 2.29. The molecule has 0 aromatic rings. The van der Waals surface area contributed by atoms with Crippen molar-refractivity contribution in [2.75, 3.05) is 0 Å². The van der Waals surface area contributed by atoms with E-state index in [4.69, 9.17) is 0 Å². The first-order valence-electron chi connectivity index (χ1n) is 8.15. The number of nitrogens with zero attached hydrogens (tertiary/aromatic N) is 1. The number of piperazine rings is 1. The van der Waals surface area contributed by atoms with E-state index in [2.05, 4.69) is 19.2 Å². The van der Waals surface area contributed by atoms with Crippen LogP contribution in [0.3, 0.4) is 0 Å². The summed E-state index contributed by atoms with van der Waals surface area (Å²) in [6, 6.07) is -0.119. The Bertz CT molecular complexity index is 350. The van der Waals surface area contributed by atoms with E-state index in [1.54, 1.807) is 0 Å². The Hall–Kier alpha value is -1.06. The molecule has 1 fully saturated rings. The van der Waals surface area contributed by atoms with Crippen LogP contribution in [0.25, 0.3) is 0 Å². The van der Waals surface area contributed by atoms with Crippen LogP contribution in [0.1, 0.15) is 73.1 Å². The Morgan fingerprint density at radius 1 is 1.15 bits per heavy atom. The van der Waals surface area contributed by atoms with Crippen LogP contribution >= 0.6 is 0 Å². The van der Waals surface area contributed by atoms with Crippen LogP contribution in [0.5, 0.6) is 0 Å². The Morgan fingerprint density at radius 2 is 1.75 bits per heavy atom. The zero-order chi connectivity index (χ0) is 15.3. The van der Waals surface area contributed by atoms with E-state index in [-0.39, 0.29) is 23.9 Å². The molecule has 0 bridgehead atoms. The first kappa shape index (κ1) is 17.0. The maximum Gasteiger partial charge on any atom is 0.249 e. The second-order valence-electron chi connectivity index (χ2n) is 5.77. The van der Waals surface area contributed by atoms with Crippen molar-refractivity contribution >= 4 is 11.8 Å². The van der Waals surface area contributed by atoms with Gasteiger partial charge in [-0.3, -0.25) is 9.59 Å². The predicted molar refractivity (Wildman–Crippen MR) is 81.4 cm³/mol. The summed E-state index contributed by atoms with van der Waals surface area (Å²) < 4.78 is 0. The molecule has 2 atom stereocenters. The summed E-state index contributed by atoms with van der Waals surface area (Å²) in [6.07, 6.45) is 4.91. The fraction of sp³-hybridized carbons (Fsp3) is 0.875. The van der Waals surface area contributed by atoms with Gasteiger partial charge < -0.3 is 10.2 Å². The van der Waals surface area contributed by atoms with Crippen LogP contribution in [0.2, 0.25) is 0 Å². The molecule has 2 amide bonds. The van der Waals surface area contributed by atoms with Gasteiger partial charge in [-0.05, 0) is 32.1 Å². The average Bonchev–Trinajstić information content (AvgIpc) is 2.46. The van der Waals surface area contributed by atoms with Crippen LogP contribution in [-0.2, 0) is 9.59 Å². The Kier molecular flexibility index (Phi) is 6.03. The van der Waals surface area contributed by atoms with Gasteiger partial charge in [-0.1, -0.05) is 41.0 Å². The molecule has 4 nitrogen and oxygen atoms in total. The molecular formula is C16H30N2O2. The number of hydrogen-bond donors (Lipinski definition) is 1. The molecule has 2 unspecified atom stereocenters. The number of nitrogens with one attached hydrogen (secondary N) is 1. The van der Waals surface area contributed by atoms with Gasteiger partial charge in [0.15, 0.2) is 0 Å². The summed E-state index contributed by atoms with van der Waals surface area (Å²) in [4.78, 5) is 27.3. The Morgan fingerprint density at radius 3 is 2.15 bits per heavy atom. The van der Waals surface area contributed by atoms with Gasteiger partial charge in [-0.25, -0.2) is 0 Å². The van der Waals surface area contributed by atoms with E-state index in [0.717, 1.165) is 19.3 Å². The van der Waals surface area contributed by atoms with Gasteiger partial charge in [0.05, 0.1) is 0 Å². The highest BCUT2D eigenvalue weighted by atomic mass is 16.2. The maximum atomic E-state index is 13.0. The first-order valence-corrected chi connectivity index (χ1v) is 8.15. The molecule has 116 valence electrons. The molecule has 20 heavy (non-hydrogen) atoms. The van der Waals surface area contributed by atoms with Gasteiger partial charge >= 0.3 is 0 Å². The smallest absolute Gasteiger partial charge is 0.249 e. The minimum atomic E-state index is -0.691. The van der Waals surface area contributed by atoms with Crippen molar-refractivity contribution in [3.05, 3.63) is 0 Å². The van der Waals surface area contributed by atoms with Crippen molar-refractivity contribution in [2.24, 2.45) is 0 Å². The Labute approximate surface area is 123 Å². The average molecular weight is 282 g/mol. The normalized spacial score (nSPS) is 23.6. The lowest BCUT2D eigenvalue weighted by atomic mass is 9.85. The molecule has 0 radical (unpaired) electrons. The highest BCUT2D eigenvalue weighted by molar-refractivity contribution is 6.00. The van der Waals surface area contributed by atoms with Crippen molar-refractivity contribution < 1.29 is 9.59 Å². The maximum absolute atomic E-state index is 13.0. The third kappa shape index (κ3) is 2.84. The van der Waals surface area contributed by atoms with Crippen LogP contribution in [-0.4, -0.2) is 34.3 Å². The minimum Gasteiger partial charge on any atom is -0.340 e. The zero-order valence-electron chi connectivity index (χ0n) is 13.7. The second-order valence-corrected chi connectivity index (χ2v) is 5.77. The van der Waals surface area contributed by atoms with Crippen molar-refractivity contribution in [3.63, 3.8) is 0 Å². The summed E-state index contributed by atoms with van der Waals surface area (Å²) in [5.74, 6) is 0.139. The van der Waals surface area contributed by atoms with E-state index in [9.17, 15) is 9.59 Å². The minimum absolute atomic E-state index is 0.0188. The molecule has 4 heteroatoms. The molecule has 0 spiro atoms. The molecule has 0 aliphatic carbocycles. The van der Waals surface area contributed by atoms with Crippen molar-refractivity contribution in [1.82, 2.24) is 10.2 Å². The molecule has 1 heterocycles. The van der Waals surface area contributed by atoms with Crippen LogP contribution in [0.15, 0.2) is 0 Å². The summed E-state index contributed by atoms with van der Waals surface area (Å²) in [5.41, 5.74) is -0.691. The molecule has 0 saturated carbocycles. The van der Waals surface area contributed by atoms with Gasteiger partial charge in [0.2, 0.25) is 11.8 Å². The SMILES string of the molecule is CCCC(CC)N1C(=O)C(CC)(CC)NC(=O)C1CC. The van der Waals surface area contributed by atoms with Gasteiger partial charge in [-0.2, -0.15) is 0 Å². The second kappa shape index (κ2) is 7.09. The number of rotatable bonds is 7. The van der Waals surface area contributed by atoms with E-state index >= 15 is 0 Å². The fourth-order valence-corrected chi connectivity index (χ4v) is 3.29. The van der Waals surface area contributed by atoms with Crippen molar-refractivity contribution in [2.45, 2.75) is 90.8 Å².